The van der Waals surface area contributed by atoms with E-state index in [-0.39, 0.29) is 13.2 Å². The Morgan fingerprint density at radius 1 is 0.469 bits per heavy atom. The molecule has 0 fully saturated rings. The van der Waals surface area contributed by atoms with Gasteiger partial charge in [0.1, 0.15) is 0 Å². The monoisotopic (exact) mass is 484 g/mol. The lowest BCUT2D eigenvalue weighted by Crippen LogP contribution is -2.13. The first kappa shape index (κ1) is 31.9. The molecule has 8 nitrogen and oxygen atoms in total. The molecule has 0 radical (unpaired) electrons. The Kier molecular flexibility index (Phi) is 25.5. The maximum atomic E-state index is 10.4. The molecule has 0 saturated heterocycles. The van der Waals surface area contributed by atoms with Gasteiger partial charge in [0.15, 0.2) is 0 Å². The zero-order valence-corrected chi connectivity index (χ0v) is 21.2. The second-order valence-corrected chi connectivity index (χ2v) is 9.26. The molecule has 0 aromatic carbocycles. The van der Waals surface area contributed by atoms with Crippen molar-refractivity contribution in [1.82, 2.24) is 0 Å². The zero-order chi connectivity index (χ0) is 23.6. The average molecular weight is 485 g/mol. The van der Waals surface area contributed by atoms with E-state index < -0.39 is 7.82 Å². The number of ether oxygens (including phenoxy) is 4. The summed E-state index contributed by atoms with van der Waals surface area (Å²) in [5.74, 6) is 0. The van der Waals surface area contributed by atoms with Crippen molar-refractivity contribution >= 4 is 7.82 Å². The Morgan fingerprint density at radius 3 is 1.16 bits per heavy atom. The van der Waals surface area contributed by atoms with Crippen LogP contribution in [0.1, 0.15) is 90.4 Å². The molecule has 0 rings (SSSR count). The van der Waals surface area contributed by atoms with Crippen LogP contribution in [0.4, 0.5) is 0 Å². The van der Waals surface area contributed by atoms with Crippen LogP contribution in [-0.4, -0.2) is 69.2 Å². The molecule has 0 aliphatic carbocycles. The molecule has 0 aromatic heterocycles. The zero-order valence-electron chi connectivity index (χ0n) is 20.3. The summed E-state index contributed by atoms with van der Waals surface area (Å²) in [6.07, 6.45) is 17.6. The molecule has 9 heteroatoms. The third-order valence-electron chi connectivity index (χ3n) is 5.00. The Balaban J connectivity index is 3.03. The van der Waals surface area contributed by atoms with E-state index in [9.17, 15) is 4.57 Å². The van der Waals surface area contributed by atoms with Crippen molar-refractivity contribution < 1.29 is 37.8 Å². The van der Waals surface area contributed by atoms with Crippen LogP contribution in [0.3, 0.4) is 0 Å². The summed E-state index contributed by atoms with van der Waals surface area (Å²) in [5.41, 5.74) is 0. The van der Waals surface area contributed by atoms with E-state index in [1.54, 1.807) is 0 Å². The lowest BCUT2D eigenvalue weighted by atomic mass is 10.0. The summed E-state index contributed by atoms with van der Waals surface area (Å²) >= 11 is 0. The van der Waals surface area contributed by atoms with Crippen LogP contribution >= 0.6 is 7.82 Å². The van der Waals surface area contributed by atoms with Gasteiger partial charge in [-0.15, -0.1) is 0 Å². The quantitative estimate of drug-likeness (QED) is 0.120. The highest BCUT2D eigenvalue weighted by atomic mass is 31.2. The van der Waals surface area contributed by atoms with Crippen molar-refractivity contribution in [3.05, 3.63) is 0 Å². The van der Waals surface area contributed by atoms with E-state index in [4.69, 9.17) is 28.7 Å². The highest BCUT2D eigenvalue weighted by Gasteiger charge is 2.12. The van der Waals surface area contributed by atoms with Crippen molar-refractivity contribution in [2.24, 2.45) is 0 Å². The largest absolute Gasteiger partial charge is 0.469 e. The fraction of sp³-hybridized carbons (Fsp3) is 1.00. The fourth-order valence-corrected chi connectivity index (χ4v) is 3.51. The van der Waals surface area contributed by atoms with E-state index >= 15 is 0 Å². The van der Waals surface area contributed by atoms with Crippen molar-refractivity contribution in [3.8, 4) is 0 Å². The van der Waals surface area contributed by atoms with Crippen LogP contribution in [0.15, 0.2) is 0 Å². The SMILES string of the molecule is CCCCCCCCCCCCCCCOCCOCCOCCOCCOP(=O)(O)O. The molecule has 2 N–H and O–H groups in total. The summed E-state index contributed by atoms with van der Waals surface area (Å²) in [7, 11) is -4.40. The highest BCUT2D eigenvalue weighted by Crippen LogP contribution is 2.35. The molecule has 0 amide bonds. The Bertz CT molecular complexity index is 405. The number of unbranched alkanes of at least 4 members (excludes halogenated alkanes) is 12. The molecule has 0 atom stereocenters. The molecule has 0 heterocycles. The normalized spacial score (nSPS) is 12.0. The van der Waals surface area contributed by atoms with Crippen LogP contribution < -0.4 is 0 Å². The third kappa shape index (κ3) is 29.9. The van der Waals surface area contributed by atoms with Crippen LogP contribution in [-0.2, 0) is 28.0 Å². The lowest BCUT2D eigenvalue weighted by Gasteiger charge is -2.08. The summed E-state index contributed by atoms with van der Waals surface area (Å²) < 4.78 is 36.2. The van der Waals surface area contributed by atoms with Gasteiger partial charge in [0.25, 0.3) is 0 Å². The van der Waals surface area contributed by atoms with Gasteiger partial charge in [-0.2, -0.15) is 0 Å². The van der Waals surface area contributed by atoms with Gasteiger partial charge in [-0.3, -0.25) is 4.52 Å². The van der Waals surface area contributed by atoms with Gasteiger partial charge in [-0.05, 0) is 6.42 Å². The van der Waals surface area contributed by atoms with Gasteiger partial charge < -0.3 is 28.7 Å². The summed E-state index contributed by atoms with van der Waals surface area (Å²) in [4.78, 5) is 17.0. The van der Waals surface area contributed by atoms with Crippen LogP contribution in [0.25, 0.3) is 0 Å². The number of hydrogen-bond acceptors (Lipinski definition) is 6. The maximum Gasteiger partial charge on any atom is 0.469 e. The van der Waals surface area contributed by atoms with Crippen molar-refractivity contribution in [2.75, 3.05) is 59.5 Å². The molecule has 0 aliphatic heterocycles. The molecule has 0 aromatic rings. The van der Waals surface area contributed by atoms with Gasteiger partial charge in [-0.1, -0.05) is 84.0 Å². The smallest absolute Gasteiger partial charge is 0.379 e. The summed E-state index contributed by atoms with van der Waals surface area (Å²) in [6.45, 7) is 5.94. The lowest BCUT2D eigenvalue weighted by molar-refractivity contribution is -0.00578. The number of phosphoric acid groups is 1. The van der Waals surface area contributed by atoms with E-state index in [2.05, 4.69) is 11.4 Å². The van der Waals surface area contributed by atoms with Crippen LogP contribution in [0.2, 0.25) is 0 Å². The molecule has 0 spiro atoms. The highest BCUT2D eigenvalue weighted by molar-refractivity contribution is 7.46. The number of phosphoric ester groups is 1. The standard InChI is InChI=1S/C23H49O8P/c1-2-3-4-5-6-7-8-9-10-11-12-13-14-15-27-16-17-28-18-19-29-20-21-30-22-23-31-32(24,25)26/h2-23H2,1H3,(H2,24,25,26). The van der Waals surface area contributed by atoms with Crippen molar-refractivity contribution in [3.63, 3.8) is 0 Å². The molecule has 32 heavy (non-hydrogen) atoms. The van der Waals surface area contributed by atoms with Gasteiger partial charge in [0, 0.05) is 6.61 Å². The minimum atomic E-state index is -4.40. The Hall–Kier alpha value is -0.0500. The minimum Gasteiger partial charge on any atom is -0.379 e. The van der Waals surface area contributed by atoms with Crippen molar-refractivity contribution in [1.29, 1.82) is 0 Å². The maximum absolute atomic E-state index is 10.4. The first-order valence-corrected chi connectivity index (χ1v) is 14.1. The van der Waals surface area contributed by atoms with E-state index in [1.165, 1.54) is 77.0 Å². The van der Waals surface area contributed by atoms with E-state index in [1.807, 2.05) is 0 Å². The molecule has 0 unspecified atom stereocenters. The van der Waals surface area contributed by atoms with Gasteiger partial charge in [-0.25, -0.2) is 4.57 Å². The van der Waals surface area contributed by atoms with Gasteiger partial charge >= 0.3 is 7.82 Å². The average Bonchev–Trinajstić information content (AvgIpc) is 2.75. The second kappa shape index (κ2) is 25.6. The minimum absolute atomic E-state index is 0.113. The predicted molar refractivity (Wildman–Crippen MR) is 127 cm³/mol. The van der Waals surface area contributed by atoms with Gasteiger partial charge in [0.05, 0.1) is 52.9 Å². The molecular weight excluding hydrogens is 435 g/mol. The summed E-state index contributed by atoms with van der Waals surface area (Å²) in [6, 6.07) is 0. The molecule has 0 saturated carbocycles. The van der Waals surface area contributed by atoms with Crippen LogP contribution in [0.5, 0.6) is 0 Å². The fourth-order valence-electron chi connectivity index (χ4n) is 3.20. The van der Waals surface area contributed by atoms with Gasteiger partial charge in [0.2, 0.25) is 0 Å². The number of rotatable bonds is 27. The Morgan fingerprint density at radius 2 is 0.781 bits per heavy atom. The molecule has 0 bridgehead atoms. The Labute approximate surface area is 195 Å². The first-order valence-electron chi connectivity index (χ1n) is 12.6. The predicted octanol–water partition coefficient (Wildman–Crippen LogP) is 5.25. The molecule has 194 valence electrons. The topological polar surface area (TPSA) is 104 Å². The third-order valence-corrected chi connectivity index (χ3v) is 5.51. The van der Waals surface area contributed by atoms with Crippen molar-refractivity contribution in [2.45, 2.75) is 90.4 Å². The van der Waals surface area contributed by atoms with Crippen LogP contribution in [0, 0.1) is 0 Å². The van der Waals surface area contributed by atoms with E-state index in [0.717, 1.165) is 13.0 Å². The summed E-state index contributed by atoms with van der Waals surface area (Å²) in [5, 5.41) is 0. The first-order chi connectivity index (χ1) is 15.6. The van der Waals surface area contributed by atoms with E-state index in [0.29, 0.717) is 39.6 Å². The molecule has 0 aliphatic rings. The molecular formula is C23H49O8P. The number of hydrogen-bond donors (Lipinski definition) is 2. The second-order valence-electron chi connectivity index (χ2n) is 8.02.